The van der Waals surface area contributed by atoms with Crippen molar-refractivity contribution < 1.29 is 9.59 Å². The van der Waals surface area contributed by atoms with Crippen LogP contribution in [0.5, 0.6) is 0 Å². The molecule has 1 N–H and O–H groups in total. The van der Waals surface area contributed by atoms with E-state index in [1.807, 2.05) is 18.2 Å². The normalized spacial score (nSPS) is 23.1. The minimum absolute atomic E-state index is 0.0831. The van der Waals surface area contributed by atoms with E-state index in [0.717, 1.165) is 12.8 Å². The quantitative estimate of drug-likeness (QED) is 0.896. The maximum Gasteiger partial charge on any atom is 0.247 e. The van der Waals surface area contributed by atoms with Crippen LogP contribution in [0.2, 0.25) is 5.02 Å². The molecule has 1 heterocycles. The topological polar surface area (TPSA) is 49.4 Å². The van der Waals surface area contributed by atoms with Crippen molar-refractivity contribution in [2.45, 2.75) is 18.9 Å². The number of nitrogens with zero attached hydrogens (tertiary/aromatic N) is 1. The van der Waals surface area contributed by atoms with E-state index in [0.29, 0.717) is 23.7 Å². The van der Waals surface area contributed by atoms with Gasteiger partial charge >= 0.3 is 0 Å². The van der Waals surface area contributed by atoms with Gasteiger partial charge in [0, 0.05) is 29.6 Å². The molecule has 1 saturated carbocycles. The molecule has 19 heavy (non-hydrogen) atoms. The summed E-state index contributed by atoms with van der Waals surface area (Å²) in [6.07, 6.45) is 1.87. The largest absolute Gasteiger partial charge is 0.352 e. The second kappa shape index (κ2) is 4.85. The molecule has 2 fully saturated rings. The van der Waals surface area contributed by atoms with Gasteiger partial charge in [-0.2, -0.15) is 0 Å². The molecule has 1 aliphatic heterocycles. The van der Waals surface area contributed by atoms with E-state index in [2.05, 4.69) is 5.32 Å². The molecule has 2 aliphatic rings. The van der Waals surface area contributed by atoms with E-state index in [9.17, 15) is 9.59 Å². The Bertz CT molecular complexity index is 528. The van der Waals surface area contributed by atoms with E-state index >= 15 is 0 Å². The van der Waals surface area contributed by atoms with Crippen molar-refractivity contribution in [2.24, 2.45) is 5.92 Å². The zero-order chi connectivity index (χ0) is 13.4. The molecule has 0 bridgehead atoms. The lowest BCUT2D eigenvalue weighted by molar-refractivity contribution is -0.144. The first-order chi connectivity index (χ1) is 9.18. The van der Waals surface area contributed by atoms with Gasteiger partial charge in [0.2, 0.25) is 11.8 Å². The first-order valence-corrected chi connectivity index (χ1v) is 6.89. The zero-order valence-electron chi connectivity index (χ0n) is 10.4. The average Bonchev–Trinajstić information content (AvgIpc) is 3.23. The molecule has 1 unspecified atom stereocenters. The van der Waals surface area contributed by atoms with Gasteiger partial charge in [0.1, 0.15) is 6.04 Å². The Hall–Kier alpha value is -1.55. The molecule has 100 valence electrons. The molecular weight excluding hydrogens is 264 g/mol. The van der Waals surface area contributed by atoms with Gasteiger partial charge in [0.25, 0.3) is 0 Å². The Labute approximate surface area is 116 Å². The molecule has 0 radical (unpaired) electrons. The standard InChI is InChI=1S/C14H15ClN2O2/c15-11-4-2-1-3-10(11)12-13(18)16-7-8-17(12)14(19)9-5-6-9/h1-4,9,12H,5-8H2,(H,16,18). The van der Waals surface area contributed by atoms with Gasteiger partial charge in [-0.15, -0.1) is 0 Å². The van der Waals surface area contributed by atoms with E-state index < -0.39 is 6.04 Å². The van der Waals surface area contributed by atoms with Crippen molar-refractivity contribution in [3.05, 3.63) is 34.9 Å². The van der Waals surface area contributed by atoms with Crippen LogP contribution in [0.4, 0.5) is 0 Å². The Morgan fingerprint density at radius 1 is 1.32 bits per heavy atom. The minimum atomic E-state index is -0.587. The van der Waals surface area contributed by atoms with E-state index in [1.165, 1.54) is 0 Å². The molecular formula is C14H15ClN2O2. The van der Waals surface area contributed by atoms with Gasteiger partial charge < -0.3 is 10.2 Å². The highest BCUT2D eigenvalue weighted by atomic mass is 35.5. The van der Waals surface area contributed by atoms with Crippen molar-refractivity contribution in [1.29, 1.82) is 0 Å². The number of rotatable bonds is 2. The third kappa shape index (κ3) is 2.32. The lowest BCUT2D eigenvalue weighted by atomic mass is 10.0. The van der Waals surface area contributed by atoms with Crippen LogP contribution in [0, 0.1) is 5.92 Å². The van der Waals surface area contributed by atoms with Crippen LogP contribution in [0.3, 0.4) is 0 Å². The summed E-state index contributed by atoms with van der Waals surface area (Å²) >= 11 is 6.17. The molecule has 0 spiro atoms. The second-order valence-electron chi connectivity index (χ2n) is 5.02. The highest BCUT2D eigenvalue weighted by Crippen LogP contribution is 2.36. The molecule has 4 nitrogen and oxygen atoms in total. The van der Waals surface area contributed by atoms with Crippen LogP contribution in [0.15, 0.2) is 24.3 Å². The van der Waals surface area contributed by atoms with Crippen LogP contribution in [0.25, 0.3) is 0 Å². The molecule has 1 aromatic rings. The summed E-state index contributed by atoms with van der Waals surface area (Å²) in [5.74, 6) is 0.0454. The average molecular weight is 279 g/mol. The predicted octanol–water partition coefficient (Wildman–Crippen LogP) is 1.75. The lowest BCUT2D eigenvalue weighted by Gasteiger charge is -2.35. The van der Waals surface area contributed by atoms with Gasteiger partial charge in [-0.25, -0.2) is 0 Å². The summed E-state index contributed by atoms with van der Waals surface area (Å²) in [5.41, 5.74) is 0.704. The molecule has 1 atom stereocenters. The van der Waals surface area contributed by atoms with Gasteiger partial charge in [0.05, 0.1) is 0 Å². The molecule has 0 aromatic heterocycles. The zero-order valence-corrected chi connectivity index (χ0v) is 11.2. The van der Waals surface area contributed by atoms with Crippen LogP contribution in [0.1, 0.15) is 24.4 Å². The Morgan fingerprint density at radius 3 is 2.74 bits per heavy atom. The number of carbonyl (C=O) groups excluding carboxylic acids is 2. The number of carbonyl (C=O) groups is 2. The second-order valence-corrected chi connectivity index (χ2v) is 5.43. The molecule has 1 saturated heterocycles. The highest BCUT2D eigenvalue weighted by molar-refractivity contribution is 6.31. The van der Waals surface area contributed by atoms with Crippen LogP contribution >= 0.6 is 11.6 Å². The number of piperazine rings is 1. The van der Waals surface area contributed by atoms with Crippen LogP contribution in [-0.2, 0) is 9.59 Å². The van der Waals surface area contributed by atoms with Gasteiger partial charge in [-0.1, -0.05) is 29.8 Å². The summed E-state index contributed by atoms with van der Waals surface area (Å²) in [7, 11) is 0. The minimum Gasteiger partial charge on any atom is -0.352 e. The smallest absolute Gasteiger partial charge is 0.247 e. The van der Waals surface area contributed by atoms with Crippen LogP contribution < -0.4 is 5.32 Å². The number of hydrogen-bond donors (Lipinski definition) is 1. The molecule has 1 aromatic carbocycles. The van der Waals surface area contributed by atoms with Crippen molar-refractivity contribution in [2.75, 3.05) is 13.1 Å². The fourth-order valence-electron chi connectivity index (χ4n) is 2.48. The van der Waals surface area contributed by atoms with E-state index in [-0.39, 0.29) is 17.7 Å². The fourth-order valence-corrected chi connectivity index (χ4v) is 2.71. The Kier molecular flexibility index (Phi) is 3.19. The fraction of sp³-hybridized carbons (Fsp3) is 0.429. The van der Waals surface area contributed by atoms with Crippen molar-refractivity contribution >= 4 is 23.4 Å². The first-order valence-electron chi connectivity index (χ1n) is 6.51. The van der Waals surface area contributed by atoms with Crippen molar-refractivity contribution in [3.8, 4) is 0 Å². The first kappa shape index (κ1) is 12.5. The number of halogens is 1. The van der Waals surface area contributed by atoms with Gasteiger partial charge in [-0.05, 0) is 18.9 Å². The third-order valence-electron chi connectivity index (χ3n) is 3.62. The summed E-state index contributed by atoms with van der Waals surface area (Å²) in [4.78, 5) is 26.1. The Balaban J connectivity index is 1.95. The summed E-state index contributed by atoms with van der Waals surface area (Å²) in [6, 6.07) is 6.63. The third-order valence-corrected chi connectivity index (χ3v) is 3.97. The molecule has 5 heteroatoms. The number of nitrogens with one attached hydrogen (secondary N) is 1. The summed E-state index contributed by atoms with van der Waals surface area (Å²) < 4.78 is 0. The number of amides is 2. The summed E-state index contributed by atoms with van der Waals surface area (Å²) in [5, 5.41) is 3.34. The van der Waals surface area contributed by atoms with Crippen LogP contribution in [-0.4, -0.2) is 29.8 Å². The SMILES string of the molecule is O=C1NCCN(C(=O)C2CC2)C1c1ccccc1Cl. The van der Waals surface area contributed by atoms with Gasteiger partial charge in [0.15, 0.2) is 0 Å². The molecule has 1 aliphatic carbocycles. The monoisotopic (exact) mass is 278 g/mol. The predicted molar refractivity (Wildman–Crippen MR) is 71.6 cm³/mol. The number of benzene rings is 1. The highest BCUT2D eigenvalue weighted by Gasteiger charge is 2.41. The number of hydrogen-bond acceptors (Lipinski definition) is 2. The maximum absolute atomic E-state index is 12.3. The van der Waals surface area contributed by atoms with Crippen molar-refractivity contribution in [1.82, 2.24) is 10.2 Å². The lowest BCUT2D eigenvalue weighted by Crippen LogP contribution is -2.52. The molecule has 3 rings (SSSR count). The molecule has 2 amide bonds. The summed E-state index contributed by atoms with van der Waals surface area (Å²) in [6.45, 7) is 1.06. The van der Waals surface area contributed by atoms with Gasteiger partial charge in [-0.3, -0.25) is 9.59 Å². The maximum atomic E-state index is 12.3. The Morgan fingerprint density at radius 2 is 2.05 bits per heavy atom. The van der Waals surface area contributed by atoms with E-state index in [1.54, 1.807) is 11.0 Å². The van der Waals surface area contributed by atoms with E-state index in [4.69, 9.17) is 11.6 Å². The van der Waals surface area contributed by atoms with Crippen molar-refractivity contribution in [3.63, 3.8) is 0 Å².